The molecule has 0 bridgehead atoms. The first-order valence-electron chi connectivity index (χ1n) is 6.39. The van der Waals surface area contributed by atoms with Crippen molar-refractivity contribution in [3.63, 3.8) is 0 Å². The van der Waals surface area contributed by atoms with Crippen LogP contribution in [0.5, 0.6) is 0 Å². The number of rotatable bonds is 4. The molecule has 0 saturated heterocycles. The SMILES string of the molecule is CNC(c1cc2cccc(Cl)c2o1)C(C)C(C)C. The summed E-state index contributed by atoms with van der Waals surface area (Å²) in [4.78, 5) is 0. The number of fused-ring (bicyclic) bond motifs is 1. The van der Waals surface area contributed by atoms with Crippen LogP contribution in [0.1, 0.15) is 32.6 Å². The van der Waals surface area contributed by atoms with Crippen LogP contribution < -0.4 is 5.32 Å². The van der Waals surface area contributed by atoms with Gasteiger partial charge in [-0.2, -0.15) is 0 Å². The highest BCUT2D eigenvalue weighted by Crippen LogP contribution is 2.33. The second-order valence-electron chi connectivity index (χ2n) is 5.18. The fourth-order valence-corrected chi connectivity index (χ4v) is 2.47. The number of benzene rings is 1. The summed E-state index contributed by atoms with van der Waals surface area (Å²) in [5.74, 6) is 2.04. The van der Waals surface area contributed by atoms with Crippen LogP contribution in [0.15, 0.2) is 28.7 Å². The van der Waals surface area contributed by atoms with Gasteiger partial charge in [0.25, 0.3) is 0 Å². The van der Waals surface area contributed by atoms with Gasteiger partial charge in [0.15, 0.2) is 5.58 Å². The van der Waals surface area contributed by atoms with E-state index in [4.69, 9.17) is 16.0 Å². The third kappa shape index (κ3) is 2.40. The number of hydrogen-bond acceptors (Lipinski definition) is 2. The van der Waals surface area contributed by atoms with E-state index in [1.54, 1.807) is 0 Å². The first-order chi connectivity index (χ1) is 8.54. The van der Waals surface area contributed by atoms with Crippen molar-refractivity contribution in [2.24, 2.45) is 11.8 Å². The van der Waals surface area contributed by atoms with Crippen molar-refractivity contribution in [2.75, 3.05) is 7.05 Å². The molecule has 2 rings (SSSR count). The Morgan fingerprint density at radius 1 is 1.22 bits per heavy atom. The quantitative estimate of drug-likeness (QED) is 0.871. The van der Waals surface area contributed by atoms with E-state index in [0.29, 0.717) is 16.9 Å². The number of nitrogens with one attached hydrogen (secondary N) is 1. The Kier molecular flexibility index (Phi) is 3.98. The van der Waals surface area contributed by atoms with Crippen LogP contribution in [0.25, 0.3) is 11.0 Å². The average molecular weight is 266 g/mol. The molecule has 0 aliphatic rings. The van der Waals surface area contributed by atoms with Gasteiger partial charge in [-0.3, -0.25) is 0 Å². The van der Waals surface area contributed by atoms with E-state index >= 15 is 0 Å². The summed E-state index contributed by atoms with van der Waals surface area (Å²) in [6.07, 6.45) is 0. The van der Waals surface area contributed by atoms with Gasteiger partial charge in [-0.1, -0.05) is 44.5 Å². The number of hydrogen-bond donors (Lipinski definition) is 1. The molecule has 2 atom stereocenters. The summed E-state index contributed by atoms with van der Waals surface area (Å²) in [7, 11) is 1.97. The summed E-state index contributed by atoms with van der Waals surface area (Å²) in [5, 5.41) is 5.08. The molecule has 0 amide bonds. The molecule has 2 nitrogen and oxygen atoms in total. The molecule has 1 aromatic carbocycles. The minimum absolute atomic E-state index is 0.216. The maximum Gasteiger partial charge on any atom is 0.152 e. The van der Waals surface area contributed by atoms with Gasteiger partial charge in [0.2, 0.25) is 0 Å². The Morgan fingerprint density at radius 2 is 1.94 bits per heavy atom. The summed E-state index contributed by atoms with van der Waals surface area (Å²) >= 11 is 6.15. The Hall–Kier alpha value is -0.990. The van der Waals surface area contributed by atoms with Gasteiger partial charge >= 0.3 is 0 Å². The Labute approximate surface area is 113 Å². The molecule has 1 aromatic heterocycles. The Bertz CT molecular complexity index is 532. The van der Waals surface area contributed by atoms with Gasteiger partial charge in [0.05, 0.1) is 11.1 Å². The molecule has 0 radical (unpaired) electrons. The van der Waals surface area contributed by atoms with Crippen molar-refractivity contribution in [1.29, 1.82) is 0 Å². The predicted molar refractivity (Wildman–Crippen MR) is 77.0 cm³/mol. The van der Waals surface area contributed by atoms with Crippen LogP contribution >= 0.6 is 11.6 Å². The third-order valence-electron chi connectivity index (χ3n) is 3.71. The highest BCUT2D eigenvalue weighted by molar-refractivity contribution is 6.34. The standard InChI is InChI=1S/C15H20ClNO/c1-9(2)10(3)14(17-4)13-8-11-6-5-7-12(16)15(11)18-13/h5-10,14,17H,1-4H3. The first-order valence-corrected chi connectivity index (χ1v) is 6.77. The van der Waals surface area contributed by atoms with Crippen LogP contribution in [0.2, 0.25) is 5.02 Å². The lowest BCUT2D eigenvalue weighted by Gasteiger charge is -2.24. The molecule has 1 heterocycles. The van der Waals surface area contributed by atoms with E-state index in [2.05, 4.69) is 32.2 Å². The van der Waals surface area contributed by atoms with Crippen molar-refractivity contribution in [3.05, 3.63) is 35.0 Å². The topological polar surface area (TPSA) is 25.2 Å². The maximum absolute atomic E-state index is 6.15. The summed E-state index contributed by atoms with van der Waals surface area (Å²) in [6, 6.07) is 8.14. The maximum atomic E-state index is 6.15. The fraction of sp³-hybridized carbons (Fsp3) is 0.467. The van der Waals surface area contributed by atoms with E-state index in [-0.39, 0.29) is 6.04 Å². The van der Waals surface area contributed by atoms with E-state index < -0.39 is 0 Å². The molecule has 18 heavy (non-hydrogen) atoms. The highest BCUT2D eigenvalue weighted by Gasteiger charge is 2.24. The van der Waals surface area contributed by atoms with E-state index in [9.17, 15) is 0 Å². The average Bonchev–Trinajstić information content (AvgIpc) is 2.75. The highest BCUT2D eigenvalue weighted by atomic mass is 35.5. The molecule has 0 aliphatic carbocycles. The monoisotopic (exact) mass is 265 g/mol. The minimum Gasteiger partial charge on any atom is -0.458 e. The van der Waals surface area contributed by atoms with Crippen molar-refractivity contribution in [3.8, 4) is 0 Å². The summed E-state index contributed by atoms with van der Waals surface area (Å²) in [5.41, 5.74) is 0.783. The van der Waals surface area contributed by atoms with Gasteiger partial charge in [-0.15, -0.1) is 0 Å². The van der Waals surface area contributed by atoms with Crippen LogP contribution in [0.4, 0.5) is 0 Å². The molecule has 2 aromatic rings. The van der Waals surface area contributed by atoms with Gasteiger partial charge < -0.3 is 9.73 Å². The summed E-state index contributed by atoms with van der Waals surface area (Å²) < 4.78 is 5.93. The lowest BCUT2D eigenvalue weighted by Crippen LogP contribution is -2.26. The molecule has 2 unspecified atom stereocenters. The molecule has 0 spiro atoms. The molecule has 1 N–H and O–H groups in total. The Morgan fingerprint density at radius 3 is 2.50 bits per heavy atom. The Balaban J connectivity index is 2.43. The molecule has 3 heteroatoms. The predicted octanol–water partition coefficient (Wildman–Crippen LogP) is 4.64. The van der Waals surface area contributed by atoms with E-state index in [0.717, 1.165) is 16.7 Å². The number of para-hydroxylation sites is 1. The smallest absolute Gasteiger partial charge is 0.152 e. The largest absolute Gasteiger partial charge is 0.458 e. The third-order valence-corrected chi connectivity index (χ3v) is 4.01. The minimum atomic E-state index is 0.216. The van der Waals surface area contributed by atoms with Crippen molar-refractivity contribution in [2.45, 2.75) is 26.8 Å². The fourth-order valence-electron chi connectivity index (χ4n) is 2.25. The normalized spacial score (nSPS) is 15.2. The van der Waals surface area contributed by atoms with Crippen molar-refractivity contribution < 1.29 is 4.42 Å². The second kappa shape index (κ2) is 5.33. The lowest BCUT2D eigenvalue weighted by molar-refractivity contribution is 0.284. The molecular weight excluding hydrogens is 246 g/mol. The van der Waals surface area contributed by atoms with Crippen molar-refractivity contribution >= 4 is 22.6 Å². The van der Waals surface area contributed by atoms with Gasteiger partial charge in [-0.25, -0.2) is 0 Å². The van der Waals surface area contributed by atoms with Crippen molar-refractivity contribution in [1.82, 2.24) is 5.32 Å². The molecular formula is C15H20ClNO. The van der Waals surface area contributed by atoms with E-state index in [1.807, 2.05) is 25.2 Å². The molecule has 98 valence electrons. The zero-order valence-electron chi connectivity index (χ0n) is 11.3. The number of furan rings is 1. The summed E-state index contributed by atoms with van der Waals surface area (Å²) in [6.45, 7) is 6.69. The van der Waals surface area contributed by atoms with Crippen LogP contribution in [0.3, 0.4) is 0 Å². The second-order valence-corrected chi connectivity index (χ2v) is 5.58. The zero-order valence-corrected chi connectivity index (χ0v) is 12.1. The van der Waals surface area contributed by atoms with Gasteiger partial charge in [0.1, 0.15) is 5.76 Å². The zero-order chi connectivity index (χ0) is 13.3. The van der Waals surface area contributed by atoms with E-state index in [1.165, 1.54) is 0 Å². The van der Waals surface area contributed by atoms with Gasteiger partial charge in [-0.05, 0) is 31.0 Å². The molecule has 0 aliphatic heterocycles. The van der Waals surface area contributed by atoms with Gasteiger partial charge in [0, 0.05) is 5.39 Å². The number of halogens is 1. The van der Waals surface area contributed by atoms with Crippen LogP contribution in [0, 0.1) is 11.8 Å². The first kappa shape index (κ1) is 13.4. The van der Waals surface area contributed by atoms with Crippen LogP contribution in [-0.4, -0.2) is 7.05 Å². The van der Waals surface area contributed by atoms with Crippen LogP contribution in [-0.2, 0) is 0 Å². The lowest BCUT2D eigenvalue weighted by atomic mass is 9.89. The molecule has 0 saturated carbocycles. The molecule has 0 fully saturated rings.